The van der Waals surface area contributed by atoms with E-state index in [1.54, 1.807) is 0 Å². The van der Waals surface area contributed by atoms with Crippen LogP contribution in [-0.2, 0) is 35.9 Å². The molecule has 0 radical (unpaired) electrons. The molecule has 2 aromatic rings. The number of fused-ring (bicyclic) bond motifs is 2. The summed E-state index contributed by atoms with van der Waals surface area (Å²) in [4.78, 5) is 35.4. The maximum absolute atomic E-state index is 14.3. The van der Waals surface area contributed by atoms with Gasteiger partial charge in [0.2, 0.25) is 5.91 Å². The zero-order valence-electron chi connectivity index (χ0n) is 20.4. The molecule has 0 saturated heterocycles. The largest absolute Gasteiger partial charge is 0.466 e. The molecule has 1 amide bonds. The van der Waals surface area contributed by atoms with Crippen molar-refractivity contribution in [3.63, 3.8) is 0 Å². The highest BCUT2D eigenvalue weighted by Crippen LogP contribution is 2.55. The van der Waals surface area contributed by atoms with Gasteiger partial charge in [0.1, 0.15) is 12.1 Å². The SMILES string of the molecule is COCN1C(=O)C2(C(C(=O)OC)=C(CO)N(OCc3ccccc3)C2C=C(C)C)c2ccccc21. The molecular formula is C27H30N2O6. The van der Waals surface area contributed by atoms with Crippen molar-refractivity contribution >= 4 is 17.6 Å². The molecule has 1 spiro atoms. The number of hydrogen-bond donors (Lipinski definition) is 1. The van der Waals surface area contributed by atoms with Crippen LogP contribution in [0.4, 0.5) is 5.69 Å². The molecule has 0 fully saturated rings. The smallest absolute Gasteiger partial charge is 0.337 e. The molecule has 0 aliphatic carbocycles. The molecule has 0 bridgehead atoms. The number of aliphatic hydroxyl groups is 1. The first-order valence-corrected chi connectivity index (χ1v) is 11.4. The predicted molar refractivity (Wildman–Crippen MR) is 130 cm³/mol. The van der Waals surface area contributed by atoms with Gasteiger partial charge in [-0.2, -0.15) is 0 Å². The maximum atomic E-state index is 14.3. The fourth-order valence-corrected chi connectivity index (χ4v) is 5.01. The highest BCUT2D eigenvalue weighted by Gasteiger charge is 2.66. The van der Waals surface area contributed by atoms with E-state index in [-0.39, 0.29) is 30.5 Å². The number of rotatable bonds is 8. The van der Waals surface area contributed by atoms with E-state index >= 15 is 0 Å². The number of nitrogens with zero attached hydrogens (tertiary/aromatic N) is 2. The summed E-state index contributed by atoms with van der Waals surface area (Å²) in [5.41, 5.74) is 1.85. The van der Waals surface area contributed by atoms with Crippen molar-refractivity contribution < 1.29 is 29.0 Å². The third kappa shape index (κ3) is 3.93. The number of methoxy groups -OCH3 is 2. The van der Waals surface area contributed by atoms with Crippen molar-refractivity contribution in [2.45, 2.75) is 31.9 Å². The van der Waals surface area contributed by atoms with E-state index in [4.69, 9.17) is 14.3 Å². The van der Waals surface area contributed by atoms with Gasteiger partial charge in [0.05, 0.1) is 43.3 Å². The van der Waals surface area contributed by atoms with Gasteiger partial charge in [-0.25, -0.2) is 9.86 Å². The molecule has 4 rings (SSSR count). The van der Waals surface area contributed by atoms with E-state index in [1.165, 1.54) is 24.2 Å². The van der Waals surface area contributed by atoms with Gasteiger partial charge < -0.3 is 14.6 Å². The fourth-order valence-electron chi connectivity index (χ4n) is 5.01. The number of allylic oxidation sites excluding steroid dienone is 1. The number of para-hydroxylation sites is 1. The Balaban J connectivity index is 1.97. The van der Waals surface area contributed by atoms with Crippen LogP contribution in [0.5, 0.6) is 0 Å². The lowest BCUT2D eigenvalue weighted by Crippen LogP contribution is -2.52. The second-order valence-electron chi connectivity index (χ2n) is 8.72. The van der Waals surface area contributed by atoms with Crippen LogP contribution in [0.3, 0.4) is 0 Å². The van der Waals surface area contributed by atoms with Crippen molar-refractivity contribution in [1.82, 2.24) is 5.06 Å². The van der Waals surface area contributed by atoms with E-state index in [1.807, 2.05) is 74.5 Å². The van der Waals surface area contributed by atoms with Crippen LogP contribution in [0.2, 0.25) is 0 Å². The highest BCUT2D eigenvalue weighted by molar-refractivity contribution is 6.17. The Morgan fingerprint density at radius 1 is 1.09 bits per heavy atom. The molecule has 184 valence electrons. The number of carbonyl (C=O) groups excluding carboxylic acids is 2. The van der Waals surface area contributed by atoms with Gasteiger partial charge >= 0.3 is 5.97 Å². The molecule has 2 heterocycles. The number of benzene rings is 2. The van der Waals surface area contributed by atoms with Crippen LogP contribution in [0.25, 0.3) is 0 Å². The molecule has 2 aromatic carbocycles. The lowest BCUT2D eigenvalue weighted by molar-refractivity contribution is -0.167. The number of hydroxylamine groups is 2. The summed E-state index contributed by atoms with van der Waals surface area (Å²) in [5.74, 6) is -1.05. The van der Waals surface area contributed by atoms with Gasteiger partial charge in [-0.05, 0) is 31.0 Å². The highest BCUT2D eigenvalue weighted by atomic mass is 16.7. The Morgan fingerprint density at radius 2 is 1.77 bits per heavy atom. The second kappa shape index (κ2) is 10.0. The zero-order chi connectivity index (χ0) is 25.2. The van der Waals surface area contributed by atoms with Crippen LogP contribution in [-0.4, -0.2) is 55.6 Å². The first kappa shape index (κ1) is 24.7. The molecular weight excluding hydrogens is 448 g/mol. The van der Waals surface area contributed by atoms with Crippen molar-refractivity contribution in [1.29, 1.82) is 0 Å². The standard InChI is InChI=1S/C27H30N2O6/c1-18(2)14-23-27(20-12-8-9-13-21(20)28(17-33-3)26(27)32)24(25(31)34-4)22(15-30)29(23)35-16-19-10-6-5-7-11-19/h5-14,23,30H,15-17H2,1-4H3. The van der Waals surface area contributed by atoms with Crippen LogP contribution in [0.1, 0.15) is 25.0 Å². The zero-order valence-corrected chi connectivity index (χ0v) is 20.4. The third-order valence-corrected chi connectivity index (χ3v) is 6.35. The average molecular weight is 479 g/mol. The predicted octanol–water partition coefficient (Wildman–Crippen LogP) is 3.08. The quantitative estimate of drug-likeness (QED) is 0.461. The molecule has 2 atom stereocenters. The minimum Gasteiger partial charge on any atom is -0.466 e. The molecule has 0 saturated carbocycles. The molecule has 2 unspecified atom stereocenters. The molecule has 1 N–H and O–H groups in total. The molecule has 8 nitrogen and oxygen atoms in total. The fraction of sp³-hybridized carbons (Fsp3) is 0.333. The Labute approximate surface area is 205 Å². The van der Waals surface area contributed by atoms with Crippen LogP contribution in [0.15, 0.2) is 77.5 Å². The molecule has 35 heavy (non-hydrogen) atoms. The van der Waals surface area contributed by atoms with Crippen LogP contribution >= 0.6 is 0 Å². The third-order valence-electron chi connectivity index (χ3n) is 6.35. The summed E-state index contributed by atoms with van der Waals surface area (Å²) in [6.45, 7) is 3.49. The Morgan fingerprint density at radius 3 is 2.40 bits per heavy atom. The van der Waals surface area contributed by atoms with Crippen molar-refractivity contribution in [2.75, 3.05) is 32.5 Å². The Bertz CT molecular complexity index is 1170. The van der Waals surface area contributed by atoms with E-state index < -0.39 is 24.0 Å². The van der Waals surface area contributed by atoms with E-state index in [0.717, 1.165) is 11.1 Å². The van der Waals surface area contributed by atoms with Crippen molar-refractivity contribution in [3.8, 4) is 0 Å². The first-order chi connectivity index (χ1) is 16.9. The minimum atomic E-state index is -1.49. The normalized spacial score (nSPS) is 21.1. The minimum absolute atomic E-state index is 0.00687. The van der Waals surface area contributed by atoms with Crippen LogP contribution in [0, 0.1) is 0 Å². The van der Waals surface area contributed by atoms with Gasteiger partial charge in [0.25, 0.3) is 0 Å². The van der Waals surface area contributed by atoms with E-state index in [0.29, 0.717) is 11.3 Å². The second-order valence-corrected chi connectivity index (χ2v) is 8.72. The number of esters is 1. The van der Waals surface area contributed by atoms with Crippen LogP contribution < -0.4 is 4.90 Å². The topological polar surface area (TPSA) is 88.5 Å². The lowest BCUT2D eigenvalue weighted by Gasteiger charge is -2.35. The molecule has 2 aliphatic rings. The average Bonchev–Trinajstić information content (AvgIpc) is 3.28. The summed E-state index contributed by atoms with van der Waals surface area (Å²) in [5, 5.41) is 12.0. The van der Waals surface area contributed by atoms with Crippen molar-refractivity contribution in [3.05, 3.63) is 88.6 Å². The van der Waals surface area contributed by atoms with Gasteiger partial charge in [0, 0.05) is 7.11 Å². The maximum Gasteiger partial charge on any atom is 0.337 e. The van der Waals surface area contributed by atoms with Gasteiger partial charge in [-0.1, -0.05) is 60.2 Å². The monoisotopic (exact) mass is 478 g/mol. The first-order valence-electron chi connectivity index (χ1n) is 11.4. The van der Waals surface area contributed by atoms with E-state index in [9.17, 15) is 14.7 Å². The number of anilines is 1. The van der Waals surface area contributed by atoms with Gasteiger partial charge in [-0.3, -0.25) is 14.5 Å². The number of carbonyl (C=O) groups is 2. The summed E-state index contributed by atoms with van der Waals surface area (Å²) < 4.78 is 10.5. The summed E-state index contributed by atoms with van der Waals surface area (Å²) in [6.07, 6.45) is 1.89. The van der Waals surface area contributed by atoms with Gasteiger partial charge in [0.15, 0.2) is 0 Å². The Kier molecular flexibility index (Phi) is 7.07. The number of amides is 1. The summed E-state index contributed by atoms with van der Waals surface area (Å²) in [6, 6.07) is 16.1. The summed E-state index contributed by atoms with van der Waals surface area (Å²) in [7, 11) is 2.77. The lowest BCUT2D eigenvalue weighted by atomic mass is 9.70. The number of hydrogen-bond acceptors (Lipinski definition) is 7. The Hall–Kier alpha value is -3.46. The van der Waals surface area contributed by atoms with E-state index in [2.05, 4.69) is 0 Å². The van der Waals surface area contributed by atoms with Gasteiger partial charge in [-0.15, -0.1) is 0 Å². The number of aliphatic hydroxyl groups excluding tert-OH is 1. The van der Waals surface area contributed by atoms with Crippen molar-refractivity contribution in [2.24, 2.45) is 0 Å². The summed E-state index contributed by atoms with van der Waals surface area (Å²) >= 11 is 0. The molecule has 8 heteroatoms. The molecule has 0 aromatic heterocycles. The molecule has 2 aliphatic heterocycles. The number of ether oxygens (including phenoxy) is 2.